The van der Waals surface area contributed by atoms with Crippen LogP contribution in [0.25, 0.3) is 4.72 Å². The van der Waals surface area contributed by atoms with Gasteiger partial charge in [0.05, 0.1) is 0 Å². The Hall–Kier alpha value is -2.47. The summed E-state index contributed by atoms with van der Waals surface area (Å²) in [5, 5.41) is 3.24. The first-order valence-corrected chi connectivity index (χ1v) is 10.3. The van der Waals surface area contributed by atoms with Crippen molar-refractivity contribution in [3.63, 3.8) is 0 Å². The van der Waals surface area contributed by atoms with Crippen LogP contribution in [0.3, 0.4) is 0 Å². The Morgan fingerprint density at radius 1 is 0.778 bits per heavy atom. The lowest BCUT2D eigenvalue weighted by Crippen LogP contribution is -2.25. The third-order valence-electron chi connectivity index (χ3n) is 4.50. The van der Waals surface area contributed by atoms with Gasteiger partial charge >= 0.3 is 0 Å². The van der Waals surface area contributed by atoms with Gasteiger partial charge in [0.1, 0.15) is 10.0 Å². The van der Waals surface area contributed by atoms with Crippen LogP contribution < -0.4 is 5.32 Å². The van der Waals surface area contributed by atoms with Crippen LogP contribution in [0.2, 0.25) is 0 Å². The van der Waals surface area contributed by atoms with Crippen molar-refractivity contribution in [2.75, 3.05) is 7.05 Å². The van der Waals surface area contributed by atoms with Gasteiger partial charge < -0.3 is 10.0 Å². The molecule has 5 heteroatoms. The SMILES string of the molecule is CN[C@@H](c1ccccc1)[C@@H]([N-]S(=O)(=O)c1ccc(C)cc1)c1ccccc1. The smallest absolute Gasteiger partial charge is 0.101 e. The first-order valence-electron chi connectivity index (χ1n) is 8.82. The number of nitrogens with one attached hydrogen (secondary N) is 1. The maximum absolute atomic E-state index is 13.0. The molecule has 27 heavy (non-hydrogen) atoms. The largest absolute Gasteiger partial charge is 0.537 e. The van der Waals surface area contributed by atoms with E-state index in [4.69, 9.17) is 0 Å². The molecule has 0 fully saturated rings. The van der Waals surface area contributed by atoms with Crippen LogP contribution in [-0.4, -0.2) is 15.5 Å². The van der Waals surface area contributed by atoms with Crippen LogP contribution in [0.1, 0.15) is 28.8 Å². The highest BCUT2D eigenvalue weighted by Crippen LogP contribution is 2.38. The van der Waals surface area contributed by atoms with E-state index in [1.54, 1.807) is 24.3 Å². The summed E-state index contributed by atoms with van der Waals surface area (Å²) >= 11 is 0. The molecule has 3 rings (SSSR count). The Labute approximate surface area is 161 Å². The molecule has 4 nitrogen and oxygen atoms in total. The molecule has 0 saturated heterocycles. The second-order valence-corrected chi connectivity index (χ2v) is 8.06. The molecule has 0 aromatic heterocycles. The second kappa shape index (κ2) is 8.48. The number of sulfonamides is 1. The van der Waals surface area contributed by atoms with Crippen LogP contribution >= 0.6 is 0 Å². The molecule has 0 aliphatic rings. The Morgan fingerprint density at radius 2 is 1.30 bits per heavy atom. The maximum Gasteiger partial charge on any atom is 0.101 e. The number of rotatable bonds is 7. The minimum Gasteiger partial charge on any atom is -0.537 e. The molecule has 0 bridgehead atoms. The molecular weight excluding hydrogens is 356 g/mol. The van der Waals surface area contributed by atoms with Crippen LogP contribution in [-0.2, 0) is 10.0 Å². The van der Waals surface area contributed by atoms with E-state index in [2.05, 4.69) is 10.0 Å². The molecule has 0 saturated carbocycles. The van der Waals surface area contributed by atoms with Crippen LogP contribution in [0.4, 0.5) is 0 Å². The number of hydrogen-bond acceptors (Lipinski definition) is 3. The molecule has 0 aliphatic carbocycles. The molecule has 0 spiro atoms. The summed E-state index contributed by atoms with van der Waals surface area (Å²) in [6, 6.07) is 25.2. The molecule has 2 atom stereocenters. The van der Waals surface area contributed by atoms with Crippen molar-refractivity contribution in [3.05, 3.63) is 106 Å². The van der Waals surface area contributed by atoms with Crippen molar-refractivity contribution in [3.8, 4) is 0 Å². The van der Waals surface area contributed by atoms with Crippen molar-refractivity contribution in [2.24, 2.45) is 0 Å². The lowest BCUT2D eigenvalue weighted by Gasteiger charge is -2.38. The van der Waals surface area contributed by atoms with Crippen LogP contribution in [0, 0.1) is 6.92 Å². The predicted molar refractivity (Wildman–Crippen MR) is 109 cm³/mol. The first kappa shape index (κ1) is 19.3. The zero-order chi connectivity index (χ0) is 19.3. The molecule has 0 amide bonds. The summed E-state index contributed by atoms with van der Waals surface area (Å²) in [5.74, 6) is 0. The van der Waals surface area contributed by atoms with Crippen molar-refractivity contribution in [1.29, 1.82) is 0 Å². The number of nitrogens with zero attached hydrogens (tertiary/aromatic N) is 1. The minimum atomic E-state index is -3.80. The fourth-order valence-corrected chi connectivity index (χ4v) is 4.20. The van der Waals surface area contributed by atoms with Crippen molar-refractivity contribution >= 4 is 10.0 Å². The van der Waals surface area contributed by atoms with Crippen LogP contribution in [0.15, 0.2) is 89.8 Å². The number of aryl methyl sites for hydroxylation is 1. The average Bonchev–Trinajstić information content (AvgIpc) is 2.69. The summed E-state index contributed by atoms with van der Waals surface area (Å²) in [6.07, 6.45) is 0. The average molecular weight is 380 g/mol. The fourth-order valence-electron chi connectivity index (χ4n) is 3.05. The summed E-state index contributed by atoms with van der Waals surface area (Å²) < 4.78 is 30.3. The highest BCUT2D eigenvalue weighted by atomic mass is 32.2. The van der Waals surface area contributed by atoms with Crippen molar-refractivity contribution in [2.45, 2.75) is 23.9 Å². The van der Waals surface area contributed by atoms with Crippen LogP contribution in [0.5, 0.6) is 0 Å². The first-order chi connectivity index (χ1) is 13.0. The van der Waals surface area contributed by atoms with Gasteiger partial charge in [-0.1, -0.05) is 90.0 Å². The van der Waals surface area contributed by atoms with E-state index in [1.165, 1.54) is 0 Å². The topological polar surface area (TPSA) is 60.3 Å². The number of hydrogen-bond donors (Lipinski definition) is 1. The second-order valence-electron chi connectivity index (χ2n) is 6.43. The lowest BCUT2D eigenvalue weighted by atomic mass is 9.94. The van der Waals surface area contributed by atoms with Gasteiger partial charge in [-0.25, -0.2) is 8.42 Å². The quantitative estimate of drug-likeness (QED) is 0.644. The molecule has 1 N–H and O–H groups in total. The van der Waals surface area contributed by atoms with Crippen molar-refractivity contribution < 1.29 is 8.42 Å². The molecule has 0 aliphatic heterocycles. The predicted octanol–water partition coefficient (Wildman–Crippen LogP) is 4.76. The van der Waals surface area contributed by atoms with E-state index in [1.807, 2.05) is 74.6 Å². The van der Waals surface area contributed by atoms with E-state index >= 15 is 0 Å². The van der Waals surface area contributed by atoms with E-state index in [9.17, 15) is 8.42 Å². The van der Waals surface area contributed by atoms with Gasteiger partial charge in [0, 0.05) is 10.9 Å². The Morgan fingerprint density at radius 3 is 1.81 bits per heavy atom. The van der Waals surface area contributed by atoms with E-state index in [0.29, 0.717) is 0 Å². The molecule has 140 valence electrons. The zero-order valence-corrected chi connectivity index (χ0v) is 16.2. The summed E-state index contributed by atoms with van der Waals surface area (Å²) in [6.45, 7) is 1.92. The Balaban J connectivity index is 2.01. The highest BCUT2D eigenvalue weighted by Gasteiger charge is 2.20. The minimum absolute atomic E-state index is 0.206. The van der Waals surface area contributed by atoms with E-state index < -0.39 is 16.1 Å². The molecular formula is C22H23N2O2S-. The molecule has 0 radical (unpaired) electrons. The summed E-state index contributed by atoms with van der Waals surface area (Å²) in [5.41, 5.74) is 2.83. The standard InChI is InChI=1S/C22H23N2O2S/c1-17-13-15-20(16-14-17)27(25,26)24-22(19-11-7-4-8-12-19)21(23-2)18-9-5-3-6-10-18/h3-16,21-23H,1-2H3/q-1/t21-,22-/m0/s1. The van der Waals surface area contributed by atoms with Gasteiger partial charge in [-0.05, 0) is 31.7 Å². The van der Waals surface area contributed by atoms with Gasteiger partial charge in [0.15, 0.2) is 0 Å². The summed E-state index contributed by atoms with van der Waals surface area (Å²) in [4.78, 5) is 0.206. The van der Waals surface area contributed by atoms with E-state index in [-0.39, 0.29) is 10.9 Å². The molecule has 0 heterocycles. The van der Waals surface area contributed by atoms with Gasteiger partial charge in [0.2, 0.25) is 0 Å². The van der Waals surface area contributed by atoms with Gasteiger partial charge in [-0.15, -0.1) is 0 Å². The number of likely N-dealkylation sites (N-methyl/N-ethyl adjacent to an activating group) is 1. The Kier molecular flexibility index (Phi) is 6.06. The third-order valence-corrected chi connectivity index (χ3v) is 5.87. The Bertz CT molecular complexity index is 956. The van der Waals surface area contributed by atoms with Crippen molar-refractivity contribution in [1.82, 2.24) is 5.32 Å². The van der Waals surface area contributed by atoms with Gasteiger partial charge in [-0.3, -0.25) is 0 Å². The fraction of sp³-hybridized carbons (Fsp3) is 0.182. The van der Waals surface area contributed by atoms with Gasteiger partial charge in [-0.2, -0.15) is 0 Å². The van der Waals surface area contributed by atoms with Gasteiger partial charge in [0.25, 0.3) is 0 Å². The third kappa shape index (κ3) is 4.63. The molecule has 3 aromatic carbocycles. The van der Waals surface area contributed by atoms with E-state index in [0.717, 1.165) is 16.7 Å². The highest BCUT2D eigenvalue weighted by molar-refractivity contribution is 7.94. The lowest BCUT2D eigenvalue weighted by molar-refractivity contribution is 0.528. The number of benzene rings is 3. The summed E-state index contributed by atoms with van der Waals surface area (Å²) in [7, 11) is -1.98. The maximum atomic E-state index is 13.0. The normalized spacial score (nSPS) is 13.9. The monoisotopic (exact) mass is 379 g/mol. The molecule has 0 unspecified atom stereocenters. The zero-order valence-electron chi connectivity index (χ0n) is 15.4. The molecule has 3 aromatic rings.